The maximum atomic E-state index is 11.9. The molecule has 0 aromatic heterocycles. The van der Waals surface area contributed by atoms with Gasteiger partial charge in [-0.2, -0.15) is 0 Å². The number of carbonyl (C=O) groups is 1. The Hall–Kier alpha value is -1.06. The van der Waals surface area contributed by atoms with Crippen molar-refractivity contribution in [3.8, 4) is 0 Å². The fourth-order valence-corrected chi connectivity index (χ4v) is 2.21. The normalized spacial score (nSPS) is 14.6. The number of nitrogens with one attached hydrogen (secondary N) is 1. The first-order valence-electron chi connectivity index (χ1n) is 5.90. The van der Waals surface area contributed by atoms with Gasteiger partial charge in [-0.25, -0.2) is 0 Å². The van der Waals surface area contributed by atoms with Crippen molar-refractivity contribution in [1.82, 2.24) is 5.32 Å². The number of rotatable bonds is 4. The van der Waals surface area contributed by atoms with Gasteiger partial charge in [-0.3, -0.25) is 4.79 Å². The first-order valence-corrected chi connectivity index (χ1v) is 6.28. The third kappa shape index (κ3) is 2.79. The molecule has 0 aliphatic carbocycles. The summed E-state index contributed by atoms with van der Waals surface area (Å²) in [6.07, 6.45) is 0.494. The largest absolute Gasteiger partial charge is 0.313 e. The van der Waals surface area contributed by atoms with Crippen LogP contribution in [0.4, 0.5) is 5.69 Å². The number of halogens is 1. The lowest BCUT2D eigenvalue weighted by Gasteiger charge is -2.18. The Morgan fingerprint density at radius 3 is 2.94 bits per heavy atom. The lowest BCUT2D eigenvalue weighted by atomic mass is 10.2. The van der Waals surface area contributed by atoms with Gasteiger partial charge in [0.1, 0.15) is 0 Å². The van der Waals surface area contributed by atoms with Crippen molar-refractivity contribution >= 4 is 23.2 Å². The summed E-state index contributed by atoms with van der Waals surface area (Å²) in [6, 6.07) is 6.08. The quantitative estimate of drug-likeness (QED) is 0.891. The number of anilines is 1. The third-order valence-corrected chi connectivity index (χ3v) is 3.10. The molecule has 92 valence electrons. The molecule has 0 bridgehead atoms. The summed E-state index contributed by atoms with van der Waals surface area (Å²) in [5, 5.41) is 3.99. The molecule has 0 saturated carbocycles. The van der Waals surface area contributed by atoms with Crippen LogP contribution in [0.3, 0.4) is 0 Å². The van der Waals surface area contributed by atoms with Gasteiger partial charge < -0.3 is 10.2 Å². The van der Waals surface area contributed by atoms with Crippen molar-refractivity contribution in [3.63, 3.8) is 0 Å². The average Bonchev–Trinajstić information content (AvgIpc) is 2.55. The van der Waals surface area contributed by atoms with Crippen LogP contribution in [-0.2, 0) is 11.2 Å². The number of fused-ring (bicyclic) bond motifs is 1. The van der Waals surface area contributed by atoms with Crippen molar-refractivity contribution in [1.29, 1.82) is 0 Å². The molecule has 1 aromatic carbocycles. The van der Waals surface area contributed by atoms with E-state index in [1.807, 2.05) is 23.1 Å². The Labute approximate surface area is 107 Å². The highest BCUT2D eigenvalue weighted by Gasteiger charge is 2.26. The van der Waals surface area contributed by atoms with Crippen LogP contribution >= 0.6 is 11.6 Å². The van der Waals surface area contributed by atoms with Crippen LogP contribution in [0.1, 0.15) is 19.4 Å². The fourth-order valence-electron chi connectivity index (χ4n) is 2.04. The predicted molar refractivity (Wildman–Crippen MR) is 70.6 cm³/mol. The van der Waals surface area contributed by atoms with Crippen LogP contribution in [0.15, 0.2) is 18.2 Å². The van der Waals surface area contributed by atoms with Crippen LogP contribution in [0.25, 0.3) is 0 Å². The topological polar surface area (TPSA) is 32.3 Å². The molecular weight excluding hydrogens is 236 g/mol. The zero-order chi connectivity index (χ0) is 12.4. The van der Waals surface area contributed by atoms with Crippen molar-refractivity contribution in [3.05, 3.63) is 28.8 Å². The molecule has 1 heterocycles. The number of hydrogen-bond acceptors (Lipinski definition) is 2. The van der Waals surface area contributed by atoms with Gasteiger partial charge in [0.05, 0.1) is 6.42 Å². The van der Waals surface area contributed by atoms with Crippen LogP contribution < -0.4 is 10.2 Å². The molecular formula is C13H17ClN2O. The minimum absolute atomic E-state index is 0.160. The summed E-state index contributed by atoms with van der Waals surface area (Å²) in [5.41, 5.74) is 2.04. The number of hydrogen-bond donors (Lipinski definition) is 1. The van der Waals surface area contributed by atoms with Crippen molar-refractivity contribution in [2.45, 2.75) is 26.3 Å². The number of benzene rings is 1. The molecule has 4 heteroatoms. The highest BCUT2D eigenvalue weighted by Crippen LogP contribution is 2.30. The second kappa shape index (κ2) is 5.07. The van der Waals surface area contributed by atoms with Crippen LogP contribution in [0, 0.1) is 0 Å². The monoisotopic (exact) mass is 252 g/mol. The molecule has 0 radical (unpaired) electrons. The standard InChI is InChI=1S/C13H17ClN2O/c1-9(2)15-5-6-16-12-8-11(14)4-3-10(12)7-13(16)17/h3-4,8-9,15H,5-7H2,1-2H3. The van der Waals surface area contributed by atoms with E-state index in [-0.39, 0.29) is 5.91 Å². The fraction of sp³-hybridized carbons (Fsp3) is 0.462. The molecule has 0 saturated heterocycles. The zero-order valence-electron chi connectivity index (χ0n) is 10.2. The highest BCUT2D eigenvalue weighted by molar-refractivity contribution is 6.31. The Morgan fingerprint density at radius 2 is 2.24 bits per heavy atom. The Bertz CT molecular complexity index is 431. The maximum Gasteiger partial charge on any atom is 0.231 e. The second-order valence-corrected chi connectivity index (χ2v) is 5.04. The lowest BCUT2D eigenvalue weighted by Crippen LogP contribution is -2.36. The molecule has 0 unspecified atom stereocenters. The van der Waals surface area contributed by atoms with Crippen molar-refractivity contribution in [2.24, 2.45) is 0 Å². The molecule has 0 fully saturated rings. The van der Waals surface area contributed by atoms with Gasteiger partial charge in [-0.05, 0) is 17.7 Å². The average molecular weight is 253 g/mol. The van der Waals surface area contributed by atoms with Gasteiger partial charge in [-0.15, -0.1) is 0 Å². The van der Waals surface area contributed by atoms with E-state index in [0.717, 1.165) is 17.8 Å². The molecule has 1 N–H and O–H groups in total. The Balaban J connectivity index is 2.08. The first-order chi connectivity index (χ1) is 8.08. The van der Waals surface area contributed by atoms with E-state index in [2.05, 4.69) is 19.2 Å². The maximum absolute atomic E-state index is 11.9. The summed E-state index contributed by atoms with van der Waals surface area (Å²) in [4.78, 5) is 13.7. The molecule has 2 rings (SSSR count). The number of amides is 1. The van der Waals surface area contributed by atoms with E-state index >= 15 is 0 Å². The van der Waals surface area contributed by atoms with Crippen molar-refractivity contribution < 1.29 is 4.79 Å². The van der Waals surface area contributed by atoms with E-state index in [0.29, 0.717) is 24.0 Å². The first kappa shape index (κ1) is 12.4. The molecule has 17 heavy (non-hydrogen) atoms. The van der Waals surface area contributed by atoms with E-state index in [9.17, 15) is 4.79 Å². The van der Waals surface area contributed by atoms with E-state index in [1.165, 1.54) is 0 Å². The number of nitrogens with zero attached hydrogens (tertiary/aromatic N) is 1. The molecule has 1 aromatic rings. The zero-order valence-corrected chi connectivity index (χ0v) is 10.9. The minimum atomic E-state index is 0.160. The lowest BCUT2D eigenvalue weighted by molar-refractivity contribution is -0.117. The van der Waals surface area contributed by atoms with Gasteiger partial charge in [0, 0.05) is 29.8 Å². The molecule has 0 atom stereocenters. The molecule has 1 aliphatic heterocycles. The number of carbonyl (C=O) groups excluding carboxylic acids is 1. The Kier molecular flexibility index (Phi) is 3.69. The van der Waals surface area contributed by atoms with E-state index in [4.69, 9.17) is 11.6 Å². The smallest absolute Gasteiger partial charge is 0.231 e. The summed E-state index contributed by atoms with van der Waals surface area (Å²) in [5.74, 6) is 0.160. The summed E-state index contributed by atoms with van der Waals surface area (Å²) in [6.45, 7) is 5.69. The van der Waals surface area contributed by atoms with Gasteiger partial charge in [0.2, 0.25) is 5.91 Å². The third-order valence-electron chi connectivity index (χ3n) is 2.87. The second-order valence-electron chi connectivity index (χ2n) is 4.60. The summed E-state index contributed by atoms with van der Waals surface area (Å²) >= 11 is 5.97. The van der Waals surface area contributed by atoms with Crippen LogP contribution in [0.2, 0.25) is 5.02 Å². The van der Waals surface area contributed by atoms with Crippen LogP contribution in [0.5, 0.6) is 0 Å². The predicted octanol–water partition coefficient (Wildman–Crippen LogP) is 2.23. The SMILES string of the molecule is CC(C)NCCN1C(=O)Cc2ccc(Cl)cc21. The van der Waals surface area contributed by atoms with E-state index in [1.54, 1.807) is 0 Å². The van der Waals surface area contributed by atoms with E-state index < -0.39 is 0 Å². The summed E-state index contributed by atoms with van der Waals surface area (Å²) < 4.78 is 0. The van der Waals surface area contributed by atoms with Gasteiger partial charge >= 0.3 is 0 Å². The van der Waals surface area contributed by atoms with Gasteiger partial charge in [0.15, 0.2) is 0 Å². The van der Waals surface area contributed by atoms with Crippen molar-refractivity contribution in [2.75, 3.05) is 18.0 Å². The van der Waals surface area contributed by atoms with Gasteiger partial charge in [0.25, 0.3) is 0 Å². The molecule has 1 aliphatic rings. The molecule has 0 spiro atoms. The minimum Gasteiger partial charge on any atom is -0.313 e. The molecule has 3 nitrogen and oxygen atoms in total. The van der Waals surface area contributed by atoms with Gasteiger partial charge in [-0.1, -0.05) is 31.5 Å². The Morgan fingerprint density at radius 1 is 1.47 bits per heavy atom. The molecule has 1 amide bonds. The summed E-state index contributed by atoms with van der Waals surface area (Å²) in [7, 11) is 0. The highest BCUT2D eigenvalue weighted by atomic mass is 35.5. The van der Waals surface area contributed by atoms with Crippen LogP contribution in [-0.4, -0.2) is 25.0 Å².